The van der Waals surface area contributed by atoms with Crippen molar-refractivity contribution in [2.45, 2.75) is 179 Å². The molecule has 4 aliphatic carbocycles. The number of fused-ring (bicyclic) bond motifs is 8. The average molecular weight is 1400 g/mol. The van der Waals surface area contributed by atoms with Crippen molar-refractivity contribution < 1.29 is 28.4 Å². The van der Waals surface area contributed by atoms with E-state index < -0.39 is 32.3 Å². The molecule has 12 rings (SSSR count). The molecular weight excluding hydrogens is 1290 g/mol. The van der Waals surface area contributed by atoms with Crippen LogP contribution in [0.25, 0.3) is 55.3 Å². The van der Waals surface area contributed by atoms with Gasteiger partial charge in [-0.15, -0.1) is 0 Å². The van der Waals surface area contributed by atoms with Crippen molar-refractivity contribution in [3.05, 3.63) is 101 Å². The third kappa shape index (κ3) is 18.0. The monoisotopic (exact) mass is 1400 g/mol. The summed E-state index contributed by atoms with van der Waals surface area (Å²) < 4.78 is 42.0. The van der Waals surface area contributed by atoms with Gasteiger partial charge in [0.25, 0.3) is 0 Å². The average Bonchev–Trinajstić information content (AvgIpc) is 1.71. The Balaban J connectivity index is 0.000000190. The number of methoxy groups -OCH3 is 2. The minimum absolute atomic E-state index is 0.170. The minimum atomic E-state index is -1.22. The van der Waals surface area contributed by atoms with Crippen LogP contribution >= 0.6 is 15.9 Å². The van der Waals surface area contributed by atoms with E-state index in [2.05, 4.69) is 181 Å². The van der Waals surface area contributed by atoms with Gasteiger partial charge in [0.2, 0.25) is 0 Å². The molecule has 93 heavy (non-hydrogen) atoms. The first-order valence-corrected chi connectivity index (χ1v) is 50.6. The van der Waals surface area contributed by atoms with Gasteiger partial charge in [-0.05, 0) is 177 Å². The molecule has 0 saturated heterocycles. The molecule has 4 saturated carbocycles. The van der Waals surface area contributed by atoms with Crippen molar-refractivity contribution in [1.82, 2.24) is 29.3 Å². The maximum Gasteiger partial charge on any atom is 0.165 e. The van der Waals surface area contributed by atoms with Crippen LogP contribution in [-0.2, 0) is 18.9 Å². The molecular formula is C74H109BrN8O6Si4. The SMILES string of the molecule is COc1ccc2ccc(-c3cnn4c(N(COCC[Si](C)(C)C)COCC[Si](C)(C)C)cc(C5C[C@H]6CC[C@@H](C5)C6)nc34)cc2c1.COc1ccc2ccc(-c3cnn4c3NC(C3C[C@H]5CC[C@@H](C3)C5)C(Br)=C4N(COCC[Si](C)(C)C)COCC[Si](C)(C)C)cc2c1. The van der Waals surface area contributed by atoms with Crippen molar-refractivity contribution in [2.24, 2.45) is 29.6 Å². The van der Waals surface area contributed by atoms with Crippen LogP contribution in [0, 0.1) is 29.6 Å². The number of hydrogen-bond acceptors (Lipinski definition) is 12. The quantitative estimate of drug-likeness (QED) is 0.0285. The summed E-state index contributed by atoms with van der Waals surface area (Å²) in [6.45, 7) is 33.8. The predicted octanol–water partition coefficient (Wildman–Crippen LogP) is 19.1. The van der Waals surface area contributed by atoms with Gasteiger partial charge in [-0.3, -0.25) is 0 Å². The lowest BCUT2D eigenvalue weighted by Gasteiger charge is -2.40. The molecule has 4 fully saturated rings. The molecule has 0 spiro atoms. The van der Waals surface area contributed by atoms with Crippen LogP contribution in [0.15, 0.2) is 95.7 Å². The van der Waals surface area contributed by atoms with Gasteiger partial charge >= 0.3 is 0 Å². The molecule has 14 nitrogen and oxygen atoms in total. The minimum Gasteiger partial charge on any atom is -0.497 e. The van der Waals surface area contributed by atoms with E-state index in [4.69, 9.17) is 43.6 Å². The molecule has 5 aliphatic rings. The van der Waals surface area contributed by atoms with Crippen LogP contribution in [0.2, 0.25) is 103 Å². The molecule has 7 atom stereocenters. The number of ether oxygens (including phenoxy) is 6. The third-order valence-electron chi connectivity index (χ3n) is 20.2. The molecule has 4 heterocycles. The van der Waals surface area contributed by atoms with Gasteiger partial charge in [-0.25, -0.2) is 4.98 Å². The number of benzene rings is 4. The summed E-state index contributed by atoms with van der Waals surface area (Å²) in [7, 11) is -1.41. The normalized spacial score (nSPS) is 21.5. The lowest BCUT2D eigenvalue weighted by atomic mass is 9.77. The molecule has 4 bridgehead atoms. The van der Waals surface area contributed by atoms with Crippen LogP contribution < -0.4 is 19.7 Å². The van der Waals surface area contributed by atoms with E-state index in [1.54, 1.807) is 14.2 Å². The van der Waals surface area contributed by atoms with Crippen LogP contribution in [0.1, 0.15) is 75.8 Å². The topological polar surface area (TPSA) is 122 Å². The first-order valence-electron chi connectivity index (χ1n) is 34.9. The molecule has 3 unspecified atom stereocenters. The maximum absolute atomic E-state index is 6.43. The van der Waals surface area contributed by atoms with E-state index in [0.29, 0.717) is 38.8 Å². The molecule has 1 aliphatic heterocycles. The zero-order chi connectivity index (χ0) is 65.8. The summed E-state index contributed by atoms with van der Waals surface area (Å²) in [5.74, 6) is 9.20. The van der Waals surface area contributed by atoms with Crippen LogP contribution in [0.3, 0.4) is 0 Å². The van der Waals surface area contributed by atoms with Crippen molar-refractivity contribution in [1.29, 1.82) is 0 Å². The first-order chi connectivity index (χ1) is 44.3. The first kappa shape index (κ1) is 69.5. The highest BCUT2D eigenvalue weighted by molar-refractivity contribution is 9.11. The lowest BCUT2D eigenvalue weighted by Crippen LogP contribution is -2.42. The van der Waals surface area contributed by atoms with E-state index in [1.165, 1.54) is 80.7 Å². The van der Waals surface area contributed by atoms with E-state index in [0.717, 1.165) is 146 Å². The summed E-state index contributed by atoms with van der Waals surface area (Å²) in [4.78, 5) is 9.94. The molecule has 19 heteroatoms. The standard InChI is InChI=1S/C37H55BrN4O3Si2.C37H54N4O3Si2/c1-43-32-13-12-28-10-11-29(21-30(28)22-32)33-23-39-42-36(33)40-35(31-19-26-8-9-27(18-26)20-31)34(38)37(42)41(24-44-14-16-46(2,3)4)25-45-15-17-47(5,6)7;1-42-33-13-12-29-10-11-30(21-31(29)22-33)34-24-38-41-36(23-35(39-37(34)41)32-19-27-8-9-28(18-27)20-32)40(25-43-14-16-45(2,3)4)26-44-15-17-46(5,6)7/h10-13,21-23,26-27,31,35,40H,8-9,14-20,24-25H2,1-7H3;10-13,21-24,27-28,32H,8-9,14-20,25-26H2,1-7H3/t26-,27+,31?,35?;27-,28+,32?. The van der Waals surface area contributed by atoms with Crippen LogP contribution in [0.4, 0.5) is 11.6 Å². The largest absolute Gasteiger partial charge is 0.497 e. The Bertz CT molecular complexity index is 3630. The van der Waals surface area contributed by atoms with Crippen LogP contribution in [0.5, 0.6) is 11.5 Å². The fourth-order valence-corrected chi connectivity index (χ4v) is 18.6. The van der Waals surface area contributed by atoms with Crippen molar-refractivity contribution in [3.63, 3.8) is 0 Å². The molecule has 504 valence electrons. The lowest BCUT2D eigenvalue weighted by molar-refractivity contribution is -0.00975. The second-order valence-electron chi connectivity index (χ2n) is 32.8. The Morgan fingerprint density at radius 1 is 0.505 bits per heavy atom. The Labute approximate surface area is 568 Å². The molecule has 4 aromatic carbocycles. The maximum atomic E-state index is 6.43. The van der Waals surface area contributed by atoms with Gasteiger partial charge in [-0.2, -0.15) is 19.4 Å². The number of rotatable bonds is 28. The van der Waals surface area contributed by atoms with Crippen LogP contribution in [-0.4, -0.2) is 135 Å². The van der Waals surface area contributed by atoms with Gasteiger partial charge < -0.3 is 43.5 Å². The van der Waals surface area contributed by atoms with Crippen molar-refractivity contribution in [3.8, 4) is 33.8 Å². The van der Waals surface area contributed by atoms with Gasteiger partial charge in [-0.1, -0.05) is 141 Å². The van der Waals surface area contributed by atoms with Gasteiger partial charge in [0.1, 0.15) is 55.9 Å². The summed E-state index contributed by atoms with van der Waals surface area (Å²) in [6.07, 6.45) is 17.3. The number of nitrogens with zero attached hydrogens (tertiary/aromatic N) is 7. The summed E-state index contributed by atoms with van der Waals surface area (Å²) in [5.41, 5.74) is 6.50. The van der Waals surface area contributed by atoms with E-state index in [9.17, 15) is 0 Å². The highest BCUT2D eigenvalue weighted by Gasteiger charge is 2.43. The Morgan fingerprint density at radius 3 is 1.42 bits per heavy atom. The Hall–Kier alpha value is -4.84. The molecule has 1 N–H and O–H groups in total. The molecule has 0 radical (unpaired) electrons. The molecule has 7 aromatic rings. The van der Waals surface area contributed by atoms with Gasteiger partial charge in [0, 0.05) is 87.5 Å². The summed E-state index contributed by atoms with van der Waals surface area (Å²) >= 11 is 4.19. The molecule has 0 amide bonds. The highest BCUT2D eigenvalue weighted by atomic mass is 79.9. The second kappa shape index (κ2) is 29.9. The van der Waals surface area contributed by atoms with Gasteiger partial charge in [0.15, 0.2) is 5.65 Å². The predicted molar refractivity (Wildman–Crippen MR) is 400 cm³/mol. The zero-order valence-electron chi connectivity index (χ0n) is 58.7. The summed E-state index contributed by atoms with van der Waals surface area (Å²) in [6, 6.07) is 32.8. The van der Waals surface area contributed by atoms with E-state index >= 15 is 0 Å². The fraction of sp³-hybridized carbons (Fsp3) is 0.581. The fourth-order valence-electron chi connectivity index (χ4n) is 14.7. The highest BCUT2D eigenvalue weighted by Crippen LogP contribution is 2.51. The number of nitrogens with one attached hydrogen (secondary N) is 1. The van der Waals surface area contributed by atoms with Crippen molar-refractivity contribution in [2.75, 3.05) is 77.8 Å². The van der Waals surface area contributed by atoms with Gasteiger partial charge in [0.05, 0.1) is 37.1 Å². The zero-order valence-corrected chi connectivity index (χ0v) is 64.3. The van der Waals surface area contributed by atoms with E-state index in [-0.39, 0.29) is 6.04 Å². The summed E-state index contributed by atoms with van der Waals surface area (Å²) in [5, 5.41) is 18.8. The number of halogens is 1. The third-order valence-corrected chi connectivity index (χ3v) is 27.9. The van der Waals surface area contributed by atoms with E-state index in [1.807, 2.05) is 29.0 Å². The number of anilines is 2. The smallest absolute Gasteiger partial charge is 0.165 e. The second-order valence-corrected chi connectivity index (χ2v) is 56.1. The Morgan fingerprint density at radius 2 is 0.946 bits per heavy atom. The number of aromatic nitrogens is 5. The number of hydrogen-bond donors (Lipinski definition) is 1. The molecule has 3 aromatic heterocycles. The van der Waals surface area contributed by atoms with Crippen molar-refractivity contribution >= 4 is 92.9 Å². The Kier molecular flexibility index (Phi) is 22.3.